The molecule has 0 saturated heterocycles. The highest BCUT2D eigenvalue weighted by Gasteiger charge is 1.95. The van der Waals surface area contributed by atoms with Crippen molar-refractivity contribution < 1.29 is 9.59 Å². The molecule has 0 rings (SSSR count). The van der Waals surface area contributed by atoms with Gasteiger partial charge in [0.1, 0.15) is 11.6 Å². The molecule has 0 aliphatic rings. The Labute approximate surface area is 65.8 Å². The average Bonchev–Trinajstić information content (AvgIpc) is 1.61. The largest absolute Gasteiger partial charge is 0.300 e. The van der Waals surface area contributed by atoms with Gasteiger partial charge >= 0.3 is 0 Å². The first-order chi connectivity index (χ1) is 3.63. The Balaban J connectivity index is 0. The maximum Gasteiger partial charge on any atom is 0.187 e. The summed E-state index contributed by atoms with van der Waals surface area (Å²) in [5.41, 5.74) is 0. The van der Waals surface area contributed by atoms with Crippen LogP contribution in [0, 0.1) is 0 Å². The van der Waals surface area contributed by atoms with Crippen molar-refractivity contribution in [2.24, 2.45) is 0 Å². The van der Waals surface area contributed by atoms with Gasteiger partial charge in [-0.3, -0.25) is 0 Å². The van der Waals surface area contributed by atoms with Crippen LogP contribution < -0.4 is 0 Å². The van der Waals surface area contributed by atoms with Crippen LogP contribution in [0.2, 0.25) is 0 Å². The molecule has 0 saturated carbocycles. The summed E-state index contributed by atoms with van der Waals surface area (Å²) in [5.74, 6) is 0.167. The quantitative estimate of drug-likeness (QED) is 0.512. The Morgan fingerprint density at radius 1 is 1.00 bits per heavy atom. The fourth-order valence-corrected chi connectivity index (χ4v) is 0.352. The van der Waals surface area contributed by atoms with Gasteiger partial charge < -0.3 is 9.59 Å². The summed E-state index contributed by atoms with van der Waals surface area (Å²) >= 11 is 0. The van der Waals surface area contributed by atoms with Crippen LogP contribution in [0.25, 0.3) is 0 Å². The number of hydrogen-bond donors (Lipinski definition) is 0. The molecule has 0 heterocycles. The molecule has 52 valence electrons. The van der Waals surface area contributed by atoms with Gasteiger partial charge in [0.2, 0.25) is 0 Å². The number of rotatable bonds is 3. The van der Waals surface area contributed by atoms with Crippen molar-refractivity contribution in [3.63, 3.8) is 0 Å². The second-order valence-electron chi connectivity index (χ2n) is 1.90. The fourth-order valence-electron chi connectivity index (χ4n) is 0.352. The molecule has 3 heteroatoms. The van der Waals surface area contributed by atoms with Crippen LogP contribution in [0.1, 0.15) is 26.7 Å². The molecule has 0 aromatic heterocycles. The van der Waals surface area contributed by atoms with Gasteiger partial charge in [-0.15, -0.1) is 0 Å². The topological polar surface area (TPSA) is 34.1 Å². The van der Waals surface area contributed by atoms with Crippen LogP contribution in [-0.4, -0.2) is 28.9 Å². The van der Waals surface area contributed by atoms with Crippen LogP contribution in [0.15, 0.2) is 0 Å². The predicted octanol–water partition coefficient (Wildman–Crippen LogP) is -0.239. The highest BCUT2D eigenvalue weighted by atomic mass is 27.0. The van der Waals surface area contributed by atoms with E-state index < -0.39 is 0 Å². The molecule has 0 spiro atoms. The predicted molar refractivity (Wildman–Crippen MR) is 40.5 cm³/mol. The number of carbonyl (C=O) groups excluding carboxylic acids is 2. The molecule has 0 aromatic rings. The lowest BCUT2D eigenvalue weighted by molar-refractivity contribution is -0.122. The molecule has 0 atom stereocenters. The molecule has 0 unspecified atom stereocenters. The first-order valence-electron chi connectivity index (χ1n) is 2.62. The van der Waals surface area contributed by atoms with E-state index in [4.69, 9.17) is 0 Å². The Morgan fingerprint density at radius 2 is 1.22 bits per heavy atom. The molecule has 0 aromatic carbocycles. The summed E-state index contributed by atoms with van der Waals surface area (Å²) in [6, 6.07) is 0. The lowest BCUT2D eigenvalue weighted by Crippen LogP contribution is -1.95. The van der Waals surface area contributed by atoms with E-state index in [-0.39, 0.29) is 28.9 Å². The van der Waals surface area contributed by atoms with Crippen molar-refractivity contribution in [2.75, 3.05) is 0 Å². The molecular weight excluding hydrogens is 131 g/mol. The van der Waals surface area contributed by atoms with E-state index in [0.29, 0.717) is 12.8 Å². The minimum Gasteiger partial charge on any atom is -0.300 e. The third-order valence-electron chi connectivity index (χ3n) is 0.829. The standard InChI is InChI=1S/C6H10O2.Al.3H/c1-5(7)3-4-6(2)8;;;;/h3-4H2,1-2H3;;;;. The normalized spacial score (nSPS) is 7.78. The number of Topliss-reactive ketones (excluding diaryl/α,β-unsaturated/α-hetero) is 2. The Kier molecular flexibility index (Phi) is 7.76. The molecule has 0 bridgehead atoms. The van der Waals surface area contributed by atoms with E-state index in [1.54, 1.807) is 0 Å². The summed E-state index contributed by atoms with van der Waals surface area (Å²) in [4.78, 5) is 20.4. The third-order valence-corrected chi connectivity index (χ3v) is 0.829. The number of hydrogen-bond acceptors (Lipinski definition) is 2. The highest BCUT2D eigenvalue weighted by Crippen LogP contribution is 1.89. The van der Waals surface area contributed by atoms with Crippen molar-refractivity contribution in [3.05, 3.63) is 0 Å². The third kappa shape index (κ3) is 11.4. The second-order valence-corrected chi connectivity index (χ2v) is 1.90. The van der Waals surface area contributed by atoms with Crippen molar-refractivity contribution in [3.8, 4) is 0 Å². The van der Waals surface area contributed by atoms with E-state index in [1.807, 2.05) is 0 Å². The minimum absolute atomic E-state index is 0. The molecule has 0 aliphatic heterocycles. The highest BCUT2D eigenvalue weighted by molar-refractivity contribution is 5.83. The van der Waals surface area contributed by atoms with Crippen LogP contribution in [-0.2, 0) is 9.59 Å². The molecule has 0 N–H and O–H groups in total. The van der Waals surface area contributed by atoms with E-state index >= 15 is 0 Å². The number of carbonyl (C=O) groups is 2. The first-order valence-corrected chi connectivity index (χ1v) is 2.62. The van der Waals surface area contributed by atoms with Gasteiger partial charge in [0.15, 0.2) is 17.4 Å². The van der Waals surface area contributed by atoms with Gasteiger partial charge in [0.25, 0.3) is 0 Å². The summed E-state index contributed by atoms with van der Waals surface area (Å²) in [6.45, 7) is 2.98. The lowest BCUT2D eigenvalue weighted by atomic mass is 10.2. The van der Waals surface area contributed by atoms with Gasteiger partial charge in [0, 0.05) is 12.8 Å². The summed E-state index contributed by atoms with van der Waals surface area (Å²) in [5, 5.41) is 0. The zero-order valence-electron chi connectivity index (χ0n) is 5.23. The van der Waals surface area contributed by atoms with E-state index in [9.17, 15) is 9.59 Å². The Bertz CT molecular complexity index is 95.6. The van der Waals surface area contributed by atoms with Crippen LogP contribution in [0.4, 0.5) is 0 Å². The Hall–Kier alpha value is -0.128. The molecule has 0 radical (unpaired) electrons. The van der Waals surface area contributed by atoms with Crippen LogP contribution in [0.5, 0.6) is 0 Å². The van der Waals surface area contributed by atoms with Crippen molar-refractivity contribution in [2.45, 2.75) is 26.7 Å². The molecule has 2 nitrogen and oxygen atoms in total. The molecule has 9 heavy (non-hydrogen) atoms. The van der Waals surface area contributed by atoms with Gasteiger partial charge in [0.05, 0.1) is 0 Å². The van der Waals surface area contributed by atoms with Crippen molar-refractivity contribution >= 4 is 28.9 Å². The SMILES string of the molecule is CC(=O)CCC(C)=O.[AlH3]. The van der Waals surface area contributed by atoms with Gasteiger partial charge in [-0.05, 0) is 13.8 Å². The van der Waals surface area contributed by atoms with Crippen molar-refractivity contribution in [1.82, 2.24) is 0 Å². The average molecular weight is 144 g/mol. The van der Waals surface area contributed by atoms with Crippen LogP contribution in [0.3, 0.4) is 0 Å². The summed E-state index contributed by atoms with van der Waals surface area (Å²) in [6.07, 6.45) is 0.796. The monoisotopic (exact) mass is 144 g/mol. The minimum atomic E-state index is 0. The van der Waals surface area contributed by atoms with E-state index in [0.717, 1.165) is 0 Å². The van der Waals surface area contributed by atoms with Gasteiger partial charge in [-0.25, -0.2) is 0 Å². The van der Waals surface area contributed by atoms with Crippen molar-refractivity contribution in [1.29, 1.82) is 0 Å². The number of ketones is 2. The fraction of sp³-hybridized carbons (Fsp3) is 0.667. The maximum atomic E-state index is 10.2. The Morgan fingerprint density at radius 3 is 1.33 bits per heavy atom. The smallest absolute Gasteiger partial charge is 0.187 e. The zero-order valence-corrected chi connectivity index (χ0v) is 5.23. The summed E-state index contributed by atoms with van der Waals surface area (Å²) < 4.78 is 0. The van der Waals surface area contributed by atoms with Gasteiger partial charge in [-0.2, -0.15) is 0 Å². The summed E-state index contributed by atoms with van der Waals surface area (Å²) in [7, 11) is 0. The van der Waals surface area contributed by atoms with E-state index in [2.05, 4.69) is 0 Å². The molecule has 0 fully saturated rings. The molecule has 0 aliphatic carbocycles. The molecular formula is C6H13AlO2. The van der Waals surface area contributed by atoms with E-state index in [1.165, 1.54) is 13.8 Å². The first kappa shape index (κ1) is 11.6. The van der Waals surface area contributed by atoms with Gasteiger partial charge in [-0.1, -0.05) is 0 Å². The zero-order chi connectivity index (χ0) is 6.57. The molecule has 0 amide bonds. The maximum absolute atomic E-state index is 10.2. The second kappa shape index (κ2) is 6.00. The lowest BCUT2D eigenvalue weighted by Gasteiger charge is -1.86. The van der Waals surface area contributed by atoms with Crippen LogP contribution >= 0.6 is 0 Å².